The summed E-state index contributed by atoms with van der Waals surface area (Å²) in [5, 5.41) is 3.37. The molecular weight excluding hydrogens is 286 g/mol. The Labute approximate surface area is 127 Å². The van der Waals surface area contributed by atoms with E-state index in [0.29, 0.717) is 16.6 Å². The van der Waals surface area contributed by atoms with E-state index in [9.17, 15) is 8.42 Å². The Morgan fingerprint density at radius 1 is 1.24 bits per heavy atom. The molecule has 1 aliphatic carbocycles. The topological polar surface area (TPSA) is 55.4 Å². The van der Waals surface area contributed by atoms with E-state index in [-0.39, 0.29) is 11.8 Å². The minimum atomic E-state index is -3.26. The van der Waals surface area contributed by atoms with E-state index in [1.54, 1.807) is 31.4 Å². The quantitative estimate of drug-likeness (QED) is 0.841. The molecule has 1 fully saturated rings. The summed E-state index contributed by atoms with van der Waals surface area (Å²) in [7, 11) is -1.69. The minimum absolute atomic E-state index is 0.0598. The fourth-order valence-corrected chi connectivity index (χ4v) is 4.71. The molecule has 0 bridgehead atoms. The number of sulfone groups is 1. The highest BCUT2D eigenvalue weighted by atomic mass is 32.2. The third-order valence-corrected chi connectivity index (χ3v) is 6.04. The number of methoxy groups -OCH3 is 1. The Kier molecular flexibility index (Phi) is 5.65. The lowest BCUT2D eigenvalue weighted by atomic mass is 10.00. The highest BCUT2D eigenvalue weighted by molar-refractivity contribution is 7.91. The van der Waals surface area contributed by atoms with Crippen LogP contribution in [0, 0.1) is 5.92 Å². The predicted octanol–water partition coefficient (Wildman–Crippen LogP) is 2.64. The summed E-state index contributed by atoms with van der Waals surface area (Å²) in [5.74, 6) is 1.34. The van der Waals surface area contributed by atoms with E-state index >= 15 is 0 Å². The van der Waals surface area contributed by atoms with Gasteiger partial charge in [0.15, 0.2) is 9.84 Å². The van der Waals surface area contributed by atoms with Crippen LogP contribution < -0.4 is 10.1 Å². The zero-order valence-electron chi connectivity index (χ0n) is 12.8. The number of nitrogens with one attached hydrogen (secondary N) is 1. The van der Waals surface area contributed by atoms with Crippen LogP contribution in [-0.4, -0.2) is 33.9 Å². The van der Waals surface area contributed by atoms with E-state index in [1.807, 2.05) is 6.92 Å². The molecule has 5 heteroatoms. The number of benzene rings is 1. The molecule has 0 heterocycles. The maximum atomic E-state index is 12.6. The smallest absolute Gasteiger partial charge is 0.179 e. The molecule has 21 heavy (non-hydrogen) atoms. The van der Waals surface area contributed by atoms with Crippen molar-refractivity contribution in [3.8, 4) is 5.75 Å². The standard InChI is InChI=1S/C16H25NO3S/c1-3-17-16(13-6-4-5-7-13)12-21(18,19)15-10-8-14(20-2)9-11-15/h8-11,13,16-17H,3-7,12H2,1-2H3. The monoisotopic (exact) mass is 311 g/mol. The molecule has 2 rings (SSSR count). The van der Waals surface area contributed by atoms with Crippen molar-refractivity contribution in [2.24, 2.45) is 5.92 Å². The third kappa shape index (κ3) is 4.20. The van der Waals surface area contributed by atoms with E-state index in [1.165, 1.54) is 12.8 Å². The van der Waals surface area contributed by atoms with Gasteiger partial charge in [-0.3, -0.25) is 0 Å². The van der Waals surface area contributed by atoms with Crippen LogP contribution in [0.25, 0.3) is 0 Å². The summed E-state index contributed by atoms with van der Waals surface area (Å²) in [4.78, 5) is 0.379. The Balaban J connectivity index is 2.12. The van der Waals surface area contributed by atoms with Gasteiger partial charge in [0.25, 0.3) is 0 Å². The van der Waals surface area contributed by atoms with Gasteiger partial charge in [0.2, 0.25) is 0 Å². The molecule has 0 saturated heterocycles. The SMILES string of the molecule is CCNC(CS(=O)(=O)c1ccc(OC)cc1)C1CCCC1. The van der Waals surface area contributed by atoms with Gasteiger partial charge in [-0.15, -0.1) is 0 Å². The van der Waals surface area contributed by atoms with Crippen LogP contribution in [0.2, 0.25) is 0 Å². The molecule has 1 aliphatic rings. The number of ether oxygens (including phenoxy) is 1. The zero-order valence-corrected chi connectivity index (χ0v) is 13.7. The number of hydrogen-bond acceptors (Lipinski definition) is 4. The van der Waals surface area contributed by atoms with Crippen molar-refractivity contribution in [3.63, 3.8) is 0 Å². The fourth-order valence-electron chi connectivity index (χ4n) is 3.10. The van der Waals surface area contributed by atoms with Crippen LogP contribution in [0.15, 0.2) is 29.2 Å². The summed E-state index contributed by atoms with van der Waals surface area (Å²) in [6.07, 6.45) is 4.70. The van der Waals surface area contributed by atoms with Gasteiger partial charge in [-0.1, -0.05) is 19.8 Å². The van der Waals surface area contributed by atoms with Crippen molar-refractivity contribution in [3.05, 3.63) is 24.3 Å². The molecule has 0 aliphatic heterocycles. The molecule has 118 valence electrons. The first-order valence-corrected chi connectivity index (χ1v) is 9.32. The highest BCUT2D eigenvalue weighted by Gasteiger charge is 2.29. The Morgan fingerprint density at radius 2 is 1.86 bits per heavy atom. The number of rotatable bonds is 7. The third-order valence-electron chi connectivity index (χ3n) is 4.25. The lowest BCUT2D eigenvalue weighted by Crippen LogP contribution is -2.40. The summed E-state index contributed by atoms with van der Waals surface area (Å²) in [5.41, 5.74) is 0. The molecule has 1 saturated carbocycles. The molecule has 0 radical (unpaired) electrons. The first kappa shape index (κ1) is 16.3. The summed E-state index contributed by atoms with van der Waals surface area (Å²) in [6.45, 7) is 2.83. The van der Waals surface area contributed by atoms with E-state index in [0.717, 1.165) is 19.4 Å². The molecule has 0 spiro atoms. The first-order chi connectivity index (χ1) is 10.1. The van der Waals surface area contributed by atoms with Crippen LogP contribution >= 0.6 is 0 Å². The Bertz CT molecular complexity index is 533. The first-order valence-electron chi connectivity index (χ1n) is 7.67. The lowest BCUT2D eigenvalue weighted by molar-refractivity contribution is 0.388. The summed E-state index contributed by atoms with van der Waals surface area (Å²) >= 11 is 0. The van der Waals surface area contributed by atoms with Crippen LogP contribution in [0.1, 0.15) is 32.6 Å². The lowest BCUT2D eigenvalue weighted by Gasteiger charge is -2.24. The molecule has 0 aromatic heterocycles. The molecule has 1 unspecified atom stereocenters. The molecule has 1 aromatic carbocycles. The maximum Gasteiger partial charge on any atom is 0.179 e. The van der Waals surface area contributed by atoms with E-state index < -0.39 is 9.84 Å². The van der Waals surface area contributed by atoms with Crippen molar-refractivity contribution in [1.29, 1.82) is 0 Å². The Morgan fingerprint density at radius 3 is 2.38 bits per heavy atom. The van der Waals surface area contributed by atoms with E-state index in [2.05, 4.69) is 5.32 Å². The molecule has 1 aromatic rings. The molecule has 1 atom stereocenters. The largest absolute Gasteiger partial charge is 0.497 e. The van der Waals surface area contributed by atoms with Crippen molar-refractivity contribution < 1.29 is 13.2 Å². The molecule has 1 N–H and O–H groups in total. The normalized spacial score (nSPS) is 17.8. The van der Waals surface area contributed by atoms with Crippen molar-refractivity contribution in [1.82, 2.24) is 5.32 Å². The summed E-state index contributed by atoms with van der Waals surface area (Å²) in [6, 6.07) is 6.72. The average molecular weight is 311 g/mol. The van der Waals surface area contributed by atoms with Crippen LogP contribution in [0.3, 0.4) is 0 Å². The second kappa shape index (κ2) is 7.27. The van der Waals surface area contributed by atoms with Gasteiger partial charge in [-0.2, -0.15) is 0 Å². The van der Waals surface area contributed by atoms with Gasteiger partial charge in [0.1, 0.15) is 5.75 Å². The second-order valence-corrected chi connectivity index (χ2v) is 7.70. The average Bonchev–Trinajstić information content (AvgIpc) is 3.01. The van der Waals surface area contributed by atoms with Crippen molar-refractivity contribution in [2.45, 2.75) is 43.5 Å². The summed E-state index contributed by atoms with van der Waals surface area (Å²) < 4.78 is 30.3. The maximum absolute atomic E-state index is 12.6. The van der Waals surface area contributed by atoms with Gasteiger partial charge in [-0.05, 0) is 49.6 Å². The fraction of sp³-hybridized carbons (Fsp3) is 0.625. The van der Waals surface area contributed by atoms with Gasteiger partial charge in [0, 0.05) is 6.04 Å². The highest BCUT2D eigenvalue weighted by Crippen LogP contribution is 2.29. The van der Waals surface area contributed by atoms with Crippen LogP contribution in [0.5, 0.6) is 5.75 Å². The van der Waals surface area contributed by atoms with Gasteiger partial charge < -0.3 is 10.1 Å². The van der Waals surface area contributed by atoms with Crippen LogP contribution in [0.4, 0.5) is 0 Å². The van der Waals surface area contributed by atoms with Crippen molar-refractivity contribution >= 4 is 9.84 Å². The number of hydrogen-bond donors (Lipinski definition) is 1. The van der Waals surface area contributed by atoms with E-state index in [4.69, 9.17) is 4.74 Å². The van der Waals surface area contributed by atoms with Crippen LogP contribution in [-0.2, 0) is 9.84 Å². The molecular formula is C16H25NO3S. The minimum Gasteiger partial charge on any atom is -0.497 e. The molecule has 0 amide bonds. The van der Waals surface area contributed by atoms with Crippen molar-refractivity contribution in [2.75, 3.05) is 19.4 Å². The second-order valence-electron chi connectivity index (χ2n) is 5.67. The van der Waals surface area contributed by atoms with Gasteiger partial charge >= 0.3 is 0 Å². The predicted molar refractivity (Wildman–Crippen MR) is 84.5 cm³/mol. The van der Waals surface area contributed by atoms with Gasteiger partial charge in [-0.25, -0.2) is 8.42 Å². The zero-order chi connectivity index (χ0) is 15.3. The Hall–Kier alpha value is -1.07. The van der Waals surface area contributed by atoms with Gasteiger partial charge in [0.05, 0.1) is 17.8 Å². The molecule has 4 nitrogen and oxygen atoms in total.